The molecule has 2 aliphatic rings. The van der Waals surface area contributed by atoms with Crippen LogP contribution in [-0.4, -0.2) is 46.1 Å². The predicted octanol–water partition coefficient (Wildman–Crippen LogP) is 4.02. The van der Waals surface area contributed by atoms with Gasteiger partial charge in [-0.25, -0.2) is 9.97 Å². The minimum absolute atomic E-state index is 0.0549. The Balaban J connectivity index is 1.41. The standard InChI is InChI=1S/C22H27F3N6O2/c1-11(2)18-20(32)29-17-12(3)27-21(30-19(17)31(18)4)28-13-5-6-14(9-13)33-15-7-8-16(26-10-15)22(23,24)25/h7-8,10-11,13-14,18H,5-6,9H2,1-4H3,(H,29,32)(H,27,28,30)/t13-,14-,18+/m1/s1. The van der Waals surface area contributed by atoms with Crippen LogP contribution >= 0.6 is 0 Å². The normalized spacial score (nSPS) is 22.8. The van der Waals surface area contributed by atoms with Crippen molar-refractivity contribution in [3.8, 4) is 5.75 Å². The number of fused-ring (bicyclic) bond motifs is 1. The van der Waals surface area contributed by atoms with Crippen molar-refractivity contribution in [3.63, 3.8) is 0 Å². The SMILES string of the molecule is Cc1nc(N[C@@H]2CC[C@@H](Oc3ccc(C(F)(F)F)nc3)C2)nc2c1NC(=O)[C@H](C(C)C)N2C. The third-order valence-electron chi connectivity index (χ3n) is 6.02. The number of rotatable bonds is 5. The number of amides is 1. The van der Waals surface area contributed by atoms with E-state index in [0.29, 0.717) is 35.3 Å². The molecule has 3 heterocycles. The molecule has 11 heteroatoms. The highest BCUT2D eigenvalue weighted by molar-refractivity contribution is 6.03. The van der Waals surface area contributed by atoms with E-state index in [1.165, 1.54) is 6.07 Å². The zero-order chi connectivity index (χ0) is 23.9. The molecule has 33 heavy (non-hydrogen) atoms. The minimum atomic E-state index is -4.47. The molecule has 1 aliphatic carbocycles. The first-order valence-electron chi connectivity index (χ1n) is 10.9. The number of aryl methyl sites for hydroxylation is 1. The van der Waals surface area contributed by atoms with Crippen LogP contribution in [0.2, 0.25) is 0 Å². The van der Waals surface area contributed by atoms with Gasteiger partial charge in [-0.1, -0.05) is 13.8 Å². The van der Waals surface area contributed by atoms with E-state index in [-0.39, 0.29) is 30.0 Å². The molecule has 2 aromatic rings. The number of nitrogens with zero attached hydrogens (tertiary/aromatic N) is 4. The number of carbonyl (C=O) groups excluding carboxylic acids is 1. The summed E-state index contributed by atoms with van der Waals surface area (Å²) < 4.78 is 43.8. The summed E-state index contributed by atoms with van der Waals surface area (Å²) in [6, 6.07) is 1.95. The minimum Gasteiger partial charge on any atom is -0.489 e. The van der Waals surface area contributed by atoms with Crippen LogP contribution in [0.15, 0.2) is 18.3 Å². The molecule has 0 spiro atoms. The van der Waals surface area contributed by atoms with Crippen LogP contribution < -0.4 is 20.3 Å². The lowest BCUT2D eigenvalue weighted by Gasteiger charge is -2.37. The van der Waals surface area contributed by atoms with Gasteiger partial charge in [-0.2, -0.15) is 18.2 Å². The Labute approximate surface area is 190 Å². The van der Waals surface area contributed by atoms with E-state index in [2.05, 4.69) is 25.6 Å². The van der Waals surface area contributed by atoms with Gasteiger partial charge in [0.15, 0.2) is 5.82 Å². The molecule has 3 atom stereocenters. The second-order valence-electron chi connectivity index (χ2n) is 8.89. The van der Waals surface area contributed by atoms with E-state index in [1.807, 2.05) is 32.7 Å². The lowest BCUT2D eigenvalue weighted by molar-refractivity contribution is -0.141. The van der Waals surface area contributed by atoms with Crippen LogP contribution in [0.1, 0.15) is 44.5 Å². The van der Waals surface area contributed by atoms with Gasteiger partial charge >= 0.3 is 6.18 Å². The lowest BCUT2D eigenvalue weighted by atomic mass is 9.99. The van der Waals surface area contributed by atoms with Gasteiger partial charge in [-0.3, -0.25) is 4.79 Å². The second-order valence-corrected chi connectivity index (χ2v) is 8.89. The van der Waals surface area contributed by atoms with Gasteiger partial charge in [-0.05, 0) is 37.8 Å². The smallest absolute Gasteiger partial charge is 0.433 e. The quantitative estimate of drug-likeness (QED) is 0.690. The summed E-state index contributed by atoms with van der Waals surface area (Å²) in [4.78, 5) is 27.0. The molecule has 0 unspecified atom stereocenters. The summed E-state index contributed by atoms with van der Waals surface area (Å²) >= 11 is 0. The molecule has 178 valence electrons. The summed E-state index contributed by atoms with van der Waals surface area (Å²) in [6.07, 6.45) is -1.31. The number of hydrogen-bond acceptors (Lipinski definition) is 7. The highest BCUT2D eigenvalue weighted by Gasteiger charge is 2.36. The lowest BCUT2D eigenvalue weighted by Crippen LogP contribution is -2.49. The van der Waals surface area contributed by atoms with E-state index in [1.54, 1.807) is 0 Å². The van der Waals surface area contributed by atoms with Crippen molar-refractivity contribution in [2.24, 2.45) is 5.92 Å². The monoisotopic (exact) mass is 464 g/mol. The maximum absolute atomic E-state index is 12.7. The van der Waals surface area contributed by atoms with E-state index in [9.17, 15) is 18.0 Å². The summed E-state index contributed by atoms with van der Waals surface area (Å²) in [5.41, 5.74) is 0.348. The molecule has 1 aliphatic heterocycles. The van der Waals surface area contributed by atoms with Gasteiger partial charge in [-0.15, -0.1) is 0 Å². The highest BCUT2D eigenvalue weighted by Crippen LogP contribution is 2.35. The molecule has 0 aromatic carbocycles. The fourth-order valence-corrected chi connectivity index (χ4v) is 4.45. The average Bonchev–Trinajstić information content (AvgIpc) is 3.15. The van der Waals surface area contributed by atoms with Crippen LogP contribution in [0.5, 0.6) is 5.75 Å². The molecular formula is C22H27F3N6O2. The number of halogens is 3. The number of ether oxygens (including phenoxy) is 1. The number of carbonyl (C=O) groups is 1. The van der Waals surface area contributed by atoms with E-state index in [4.69, 9.17) is 4.74 Å². The third kappa shape index (κ3) is 4.81. The van der Waals surface area contributed by atoms with Crippen molar-refractivity contribution in [2.45, 2.75) is 64.4 Å². The largest absolute Gasteiger partial charge is 0.489 e. The van der Waals surface area contributed by atoms with E-state index in [0.717, 1.165) is 25.1 Å². The topological polar surface area (TPSA) is 92.3 Å². The molecule has 0 saturated heterocycles. The molecule has 2 N–H and O–H groups in total. The average molecular weight is 464 g/mol. The molecule has 8 nitrogen and oxygen atoms in total. The number of alkyl halides is 3. The van der Waals surface area contributed by atoms with Gasteiger partial charge < -0.3 is 20.3 Å². The Morgan fingerprint density at radius 2 is 2.00 bits per heavy atom. The van der Waals surface area contributed by atoms with Gasteiger partial charge in [0.2, 0.25) is 11.9 Å². The Kier molecular flexibility index (Phi) is 6.06. The maximum Gasteiger partial charge on any atom is 0.433 e. The number of hydrogen-bond donors (Lipinski definition) is 2. The van der Waals surface area contributed by atoms with Crippen molar-refractivity contribution >= 4 is 23.4 Å². The van der Waals surface area contributed by atoms with Gasteiger partial charge in [0.1, 0.15) is 29.3 Å². The van der Waals surface area contributed by atoms with Crippen LogP contribution in [-0.2, 0) is 11.0 Å². The van der Waals surface area contributed by atoms with Crippen molar-refractivity contribution in [1.82, 2.24) is 15.0 Å². The first-order valence-corrected chi connectivity index (χ1v) is 10.9. The van der Waals surface area contributed by atoms with Gasteiger partial charge in [0.05, 0.1) is 11.9 Å². The zero-order valence-corrected chi connectivity index (χ0v) is 18.9. The molecule has 2 aromatic heterocycles. The van der Waals surface area contributed by atoms with Crippen LogP contribution in [0.3, 0.4) is 0 Å². The van der Waals surface area contributed by atoms with Gasteiger partial charge in [0.25, 0.3) is 0 Å². The fourth-order valence-electron chi connectivity index (χ4n) is 4.45. The highest BCUT2D eigenvalue weighted by atomic mass is 19.4. The number of aromatic nitrogens is 3. The van der Waals surface area contributed by atoms with Crippen LogP contribution in [0, 0.1) is 12.8 Å². The Hall–Kier alpha value is -3.11. The number of likely N-dealkylation sites (N-methyl/N-ethyl adjacent to an activating group) is 1. The van der Waals surface area contributed by atoms with Crippen molar-refractivity contribution in [1.29, 1.82) is 0 Å². The predicted molar refractivity (Wildman–Crippen MR) is 117 cm³/mol. The third-order valence-corrected chi connectivity index (χ3v) is 6.02. The maximum atomic E-state index is 12.7. The first-order chi connectivity index (χ1) is 15.5. The summed E-state index contributed by atoms with van der Waals surface area (Å²) in [7, 11) is 1.86. The van der Waals surface area contributed by atoms with E-state index >= 15 is 0 Å². The first kappa shape index (κ1) is 23.1. The van der Waals surface area contributed by atoms with Gasteiger partial charge in [0, 0.05) is 19.5 Å². The second kappa shape index (κ2) is 8.68. The molecule has 0 radical (unpaired) electrons. The molecular weight excluding hydrogens is 437 g/mol. The Morgan fingerprint density at radius 3 is 2.64 bits per heavy atom. The number of anilines is 3. The van der Waals surface area contributed by atoms with Crippen LogP contribution in [0.25, 0.3) is 0 Å². The van der Waals surface area contributed by atoms with Crippen molar-refractivity contribution in [2.75, 3.05) is 22.6 Å². The fraction of sp³-hybridized carbons (Fsp3) is 0.545. The Morgan fingerprint density at radius 1 is 1.24 bits per heavy atom. The zero-order valence-electron chi connectivity index (χ0n) is 18.9. The molecule has 1 amide bonds. The Bertz CT molecular complexity index is 1030. The molecule has 0 bridgehead atoms. The van der Waals surface area contributed by atoms with Crippen molar-refractivity contribution < 1.29 is 22.7 Å². The summed E-state index contributed by atoms with van der Waals surface area (Å²) in [6.45, 7) is 5.81. The van der Waals surface area contributed by atoms with Crippen LogP contribution in [0.4, 0.5) is 30.6 Å². The molecule has 1 fully saturated rings. The van der Waals surface area contributed by atoms with Crippen molar-refractivity contribution in [3.05, 3.63) is 29.7 Å². The summed E-state index contributed by atoms with van der Waals surface area (Å²) in [5, 5.41) is 6.28. The van der Waals surface area contributed by atoms with E-state index < -0.39 is 11.9 Å². The molecule has 4 rings (SSSR count). The number of pyridine rings is 1. The summed E-state index contributed by atoms with van der Waals surface area (Å²) in [5.74, 6) is 1.50. The number of nitrogens with one attached hydrogen (secondary N) is 2. The molecule has 1 saturated carbocycles.